The number of anilines is 2. The molecule has 0 saturated carbocycles. The predicted octanol–water partition coefficient (Wildman–Crippen LogP) is 2.49. The predicted molar refractivity (Wildman–Crippen MR) is 68.0 cm³/mol. The summed E-state index contributed by atoms with van der Waals surface area (Å²) in [6.07, 6.45) is 0. The summed E-state index contributed by atoms with van der Waals surface area (Å²) in [6, 6.07) is 6.08. The first-order valence-corrected chi connectivity index (χ1v) is 6.81. The third kappa shape index (κ3) is 2.69. The SMILES string of the molecule is Nc1c(F)ccc(S(=O)(=O)Nc2cccc(F)c2)c1F. The molecule has 0 aliphatic rings. The van der Waals surface area contributed by atoms with Crippen LogP contribution in [0.25, 0.3) is 0 Å². The molecule has 0 spiro atoms. The first kappa shape index (κ1) is 14.2. The number of halogens is 3. The fourth-order valence-corrected chi connectivity index (χ4v) is 2.66. The summed E-state index contributed by atoms with van der Waals surface area (Å²) in [7, 11) is -4.34. The van der Waals surface area contributed by atoms with Gasteiger partial charge in [-0.1, -0.05) is 6.07 Å². The maximum Gasteiger partial charge on any atom is 0.264 e. The van der Waals surface area contributed by atoms with Gasteiger partial charge in [0.15, 0.2) is 5.82 Å². The average molecular weight is 302 g/mol. The van der Waals surface area contributed by atoms with Gasteiger partial charge in [0.05, 0.1) is 5.69 Å². The first-order valence-electron chi connectivity index (χ1n) is 5.33. The Morgan fingerprint density at radius 1 is 1.05 bits per heavy atom. The topological polar surface area (TPSA) is 72.2 Å². The Balaban J connectivity index is 2.44. The molecule has 0 unspecified atom stereocenters. The quantitative estimate of drug-likeness (QED) is 0.856. The van der Waals surface area contributed by atoms with E-state index in [1.54, 1.807) is 0 Å². The number of benzene rings is 2. The summed E-state index contributed by atoms with van der Waals surface area (Å²) < 4.78 is 65.5. The van der Waals surface area contributed by atoms with E-state index in [-0.39, 0.29) is 5.69 Å². The number of hydrogen-bond acceptors (Lipinski definition) is 3. The van der Waals surface area contributed by atoms with Crippen LogP contribution < -0.4 is 10.5 Å². The zero-order chi connectivity index (χ0) is 14.9. The van der Waals surface area contributed by atoms with Crippen molar-refractivity contribution in [3.8, 4) is 0 Å². The van der Waals surface area contributed by atoms with E-state index in [0.29, 0.717) is 0 Å². The Morgan fingerprint density at radius 3 is 2.40 bits per heavy atom. The van der Waals surface area contributed by atoms with E-state index in [1.165, 1.54) is 12.1 Å². The van der Waals surface area contributed by atoms with Crippen molar-refractivity contribution in [3.05, 3.63) is 53.8 Å². The molecule has 0 aliphatic heterocycles. The fraction of sp³-hybridized carbons (Fsp3) is 0. The van der Waals surface area contributed by atoms with Crippen LogP contribution in [0.2, 0.25) is 0 Å². The van der Waals surface area contributed by atoms with E-state index in [1.807, 2.05) is 4.72 Å². The molecule has 0 atom stereocenters. The standard InChI is InChI=1S/C12H9F3N2O2S/c13-7-2-1-3-8(6-7)17-20(18,19)10-5-4-9(14)12(16)11(10)15/h1-6,17H,16H2. The zero-order valence-electron chi connectivity index (χ0n) is 9.90. The first-order chi connectivity index (χ1) is 9.31. The number of nitrogens with one attached hydrogen (secondary N) is 1. The minimum atomic E-state index is -4.34. The Hall–Kier alpha value is -2.22. The molecule has 2 rings (SSSR count). The van der Waals surface area contributed by atoms with Gasteiger partial charge in [-0.25, -0.2) is 21.6 Å². The summed E-state index contributed by atoms with van der Waals surface area (Å²) in [5.41, 5.74) is 4.11. The lowest BCUT2D eigenvalue weighted by molar-refractivity contribution is 0.557. The molecule has 0 amide bonds. The van der Waals surface area contributed by atoms with Crippen LogP contribution in [0.15, 0.2) is 41.3 Å². The molecular formula is C12H9F3N2O2S. The Morgan fingerprint density at radius 2 is 1.75 bits per heavy atom. The Labute approximate surface area is 113 Å². The molecule has 0 saturated heterocycles. The van der Waals surface area contributed by atoms with Crippen molar-refractivity contribution in [3.63, 3.8) is 0 Å². The van der Waals surface area contributed by atoms with Gasteiger partial charge in [-0.15, -0.1) is 0 Å². The van der Waals surface area contributed by atoms with Crippen LogP contribution in [-0.4, -0.2) is 8.42 Å². The molecule has 2 aromatic rings. The average Bonchev–Trinajstić information content (AvgIpc) is 2.35. The van der Waals surface area contributed by atoms with Crippen molar-refractivity contribution < 1.29 is 21.6 Å². The number of rotatable bonds is 3. The van der Waals surface area contributed by atoms with E-state index in [4.69, 9.17) is 5.73 Å². The number of sulfonamides is 1. The maximum atomic E-state index is 13.7. The molecule has 0 fully saturated rings. The molecule has 0 aromatic heterocycles. The second-order valence-corrected chi connectivity index (χ2v) is 5.54. The van der Waals surface area contributed by atoms with Gasteiger partial charge in [0, 0.05) is 0 Å². The minimum Gasteiger partial charge on any atom is -0.394 e. The van der Waals surface area contributed by atoms with Crippen molar-refractivity contribution in [2.45, 2.75) is 4.90 Å². The van der Waals surface area contributed by atoms with Crippen LogP contribution in [0.5, 0.6) is 0 Å². The summed E-state index contributed by atoms with van der Waals surface area (Å²) in [4.78, 5) is -0.819. The molecule has 0 heterocycles. The van der Waals surface area contributed by atoms with Gasteiger partial charge < -0.3 is 5.73 Å². The van der Waals surface area contributed by atoms with Crippen molar-refractivity contribution in [1.82, 2.24) is 0 Å². The largest absolute Gasteiger partial charge is 0.394 e. The van der Waals surface area contributed by atoms with Crippen LogP contribution in [0.1, 0.15) is 0 Å². The molecule has 8 heteroatoms. The second kappa shape index (κ2) is 5.04. The van der Waals surface area contributed by atoms with Crippen LogP contribution in [-0.2, 0) is 10.0 Å². The highest BCUT2D eigenvalue weighted by Crippen LogP contribution is 2.24. The lowest BCUT2D eigenvalue weighted by Gasteiger charge is -2.10. The second-order valence-electron chi connectivity index (χ2n) is 3.89. The van der Waals surface area contributed by atoms with Crippen LogP contribution in [0, 0.1) is 17.5 Å². The molecule has 0 aliphatic carbocycles. The van der Waals surface area contributed by atoms with Crippen molar-refractivity contribution in [1.29, 1.82) is 0 Å². The highest BCUT2D eigenvalue weighted by Gasteiger charge is 2.22. The third-order valence-corrected chi connectivity index (χ3v) is 3.86. The third-order valence-electron chi connectivity index (χ3n) is 2.46. The number of hydrogen-bond donors (Lipinski definition) is 2. The Kier molecular flexibility index (Phi) is 3.58. The van der Waals surface area contributed by atoms with E-state index < -0.39 is 38.1 Å². The van der Waals surface area contributed by atoms with Gasteiger partial charge in [0.2, 0.25) is 0 Å². The van der Waals surface area contributed by atoms with Gasteiger partial charge in [0.1, 0.15) is 22.2 Å². The minimum absolute atomic E-state index is 0.0905. The van der Waals surface area contributed by atoms with Crippen LogP contribution in [0.4, 0.5) is 24.5 Å². The van der Waals surface area contributed by atoms with Gasteiger partial charge >= 0.3 is 0 Å². The lowest BCUT2D eigenvalue weighted by Crippen LogP contribution is -2.16. The summed E-state index contributed by atoms with van der Waals surface area (Å²) in [6.45, 7) is 0. The maximum absolute atomic E-state index is 13.7. The van der Waals surface area contributed by atoms with E-state index in [2.05, 4.69) is 0 Å². The Bertz CT molecular complexity index is 763. The number of nitrogen functional groups attached to an aromatic ring is 1. The van der Waals surface area contributed by atoms with Gasteiger partial charge in [-0.2, -0.15) is 0 Å². The molecule has 0 bridgehead atoms. The molecular weight excluding hydrogens is 293 g/mol. The number of nitrogens with two attached hydrogens (primary N) is 1. The van der Waals surface area contributed by atoms with E-state index in [0.717, 1.165) is 24.3 Å². The smallest absolute Gasteiger partial charge is 0.264 e. The van der Waals surface area contributed by atoms with Crippen molar-refractivity contribution >= 4 is 21.4 Å². The molecule has 20 heavy (non-hydrogen) atoms. The van der Waals surface area contributed by atoms with Gasteiger partial charge in [-0.3, -0.25) is 4.72 Å². The van der Waals surface area contributed by atoms with E-state index in [9.17, 15) is 21.6 Å². The molecule has 2 aromatic carbocycles. The normalized spacial score (nSPS) is 11.3. The fourth-order valence-electron chi connectivity index (χ4n) is 1.52. The van der Waals surface area contributed by atoms with Crippen LogP contribution in [0.3, 0.4) is 0 Å². The zero-order valence-corrected chi connectivity index (χ0v) is 10.7. The van der Waals surface area contributed by atoms with Crippen LogP contribution >= 0.6 is 0 Å². The summed E-state index contributed by atoms with van der Waals surface area (Å²) >= 11 is 0. The highest BCUT2D eigenvalue weighted by molar-refractivity contribution is 7.92. The molecule has 106 valence electrons. The van der Waals surface area contributed by atoms with Gasteiger partial charge in [-0.05, 0) is 30.3 Å². The monoisotopic (exact) mass is 302 g/mol. The highest BCUT2D eigenvalue weighted by atomic mass is 32.2. The molecule has 3 N–H and O–H groups in total. The van der Waals surface area contributed by atoms with Gasteiger partial charge in [0.25, 0.3) is 10.0 Å². The summed E-state index contributed by atoms with van der Waals surface area (Å²) in [5, 5.41) is 0. The lowest BCUT2D eigenvalue weighted by atomic mass is 10.3. The van der Waals surface area contributed by atoms with Crippen molar-refractivity contribution in [2.24, 2.45) is 0 Å². The molecule has 4 nitrogen and oxygen atoms in total. The molecule has 0 radical (unpaired) electrons. The van der Waals surface area contributed by atoms with Crippen molar-refractivity contribution in [2.75, 3.05) is 10.5 Å². The summed E-state index contributed by atoms with van der Waals surface area (Å²) in [5.74, 6) is -3.12. The van der Waals surface area contributed by atoms with E-state index >= 15 is 0 Å².